The first kappa shape index (κ1) is 14.6. The van der Waals surface area contributed by atoms with Crippen molar-refractivity contribution >= 4 is 16.8 Å². The van der Waals surface area contributed by atoms with Gasteiger partial charge in [-0.05, 0) is 48.2 Å². The van der Waals surface area contributed by atoms with E-state index < -0.39 is 17.0 Å². The maximum absolute atomic E-state index is 12.4. The smallest absolute Gasteiger partial charge is 0.274 e. The number of alkyl halides is 3. The second-order valence-corrected chi connectivity index (χ2v) is 4.58. The van der Waals surface area contributed by atoms with Gasteiger partial charge in [-0.1, -0.05) is 12.1 Å². The van der Waals surface area contributed by atoms with E-state index in [4.69, 9.17) is 11.6 Å². The third-order valence-corrected chi connectivity index (χ3v) is 3.00. The molecule has 0 atom stereocenters. The van der Waals surface area contributed by atoms with Crippen molar-refractivity contribution in [2.45, 2.75) is 19.0 Å². The summed E-state index contributed by atoms with van der Waals surface area (Å²) in [5, 5.41) is 5.76. The van der Waals surface area contributed by atoms with Gasteiger partial charge in [0.25, 0.3) is 5.24 Å². The number of aryl methyl sites for hydroxylation is 2. The highest BCUT2D eigenvalue weighted by Crippen LogP contribution is 2.29. The number of benzene rings is 1. The summed E-state index contributed by atoms with van der Waals surface area (Å²) in [6, 6.07) is 6.49. The number of carbonyl (C=O) groups is 1. The van der Waals surface area contributed by atoms with E-state index in [0.717, 1.165) is 17.7 Å². The van der Waals surface area contributed by atoms with Gasteiger partial charge >= 0.3 is 6.18 Å². The average Bonchev–Trinajstić information content (AvgIpc) is 2.85. The molecule has 0 unspecified atom stereocenters. The quantitative estimate of drug-likeness (QED) is 0.877. The Morgan fingerprint density at radius 1 is 1.20 bits per heavy atom. The molecule has 106 valence electrons. The van der Waals surface area contributed by atoms with Gasteiger partial charge in [0.1, 0.15) is 5.69 Å². The van der Waals surface area contributed by atoms with Crippen LogP contribution in [0.1, 0.15) is 27.3 Å². The molecule has 1 N–H and O–H groups in total. The number of halogens is 4. The number of aromatic nitrogens is 2. The highest BCUT2D eigenvalue weighted by Gasteiger charge is 2.29. The van der Waals surface area contributed by atoms with E-state index in [9.17, 15) is 18.0 Å². The van der Waals surface area contributed by atoms with Gasteiger partial charge < -0.3 is 0 Å². The first-order valence-corrected chi connectivity index (χ1v) is 6.14. The molecule has 0 bridgehead atoms. The predicted molar refractivity (Wildman–Crippen MR) is 67.6 cm³/mol. The Balaban J connectivity index is 1.98. The third kappa shape index (κ3) is 3.60. The maximum atomic E-state index is 12.4. The lowest BCUT2D eigenvalue weighted by Gasteiger charge is -2.07. The van der Waals surface area contributed by atoms with Crippen molar-refractivity contribution in [1.29, 1.82) is 0 Å². The third-order valence-electron chi connectivity index (χ3n) is 2.79. The van der Waals surface area contributed by atoms with Gasteiger partial charge in [-0.25, -0.2) is 0 Å². The van der Waals surface area contributed by atoms with Crippen LogP contribution in [0.3, 0.4) is 0 Å². The van der Waals surface area contributed by atoms with Gasteiger partial charge in [0.2, 0.25) is 0 Å². The Bertz CT molecular complexity index is 605. The topological polar surface area (TPSA) is 45.8 Å². The Hall–Kier alpha value is -1.82. The molecule has 0 saturated heterocycles. The minimum atomic E-state index is -4.32. The number of hydrogen-bond acceptors (Lipinski definition) is 2. The van der Waals surface area contributed by atoms with Crippen LogP contribution >= 0.6 is 11.6 Å². The molecule has 0 fully saturated rings. The first-order chi connectivity index (χ1) is 9.36. The Morgan fingerprint density at radius 3 is 2.35 bits per heavy atom. The fourth-order valence-corrected chi connectivity index (χ4v) is 1.82. The fraction of sp³-hybridized carbons (Fsp3) is 0.231. The molecule has 20 heavy (non-hydrogen) atoms. The summed E-state index contributed by atoms with van der Waals surface area (Å²) in [7, 11) is 0. The Labute approximate surface area is 117 Å². The largest absolute Gasteiger partial charge is 0.416 e. The number of nitrogens with one attached hydrogen (secondary N) is 1. The minimum absolute atomic E-state index is 0.203. The lowest BCUT2D eigenvalue weighted by molar-refractivity contribution is -0.137. The van der Waals surface area contributed by atoms with E-state index in [2.05, 4.69) is 10.2 Å². The van der Waals surface area contributed by atoms with Crippen LogP contribution in [0.2, 0.25) is 0 Å². The van der Waals surface area contributed by atoms with Crippen LogP contribution in [-0.2, 0) is 19.0 Å². The molecule has 0 aliphatic rings. The van der Waals surface area contributed by atoms with Gasteiger partial charge in [0.05, 0.1) is 11.3 Å². The molecule has 2 aromatic rings. The summed E-state index contributed by atoms with van der Waals surface area (Å²) in [4.78, 5) is 10.9. The van der Waals surface area contributed by atoms with Crippen molar-refractivity contribution in [2.75, 3.05) is 0 Å². The summed E-state index contributed by atoms with van der Waals surface area (Å²) in [6.07, 6.45) is -3.29. The van der Waals surface area contributed by atoms with E-state index in [1.807, 2.05) is 0 Å². The lowest BCUT2D eigenvalue weighted by atomic mass is 10.1. The minimum Gasteiger partial charge on any atom is -0.274 e. The first-order valence-electron chi connectivity index (χ1n) is 5.76. The Morgan fingerprint density at radius 2 is 1.85 bits per heavy atom. The summed E-state index contributed by atoms with van der Waals surface area (Å²) >= 11 is 5.28. The van der Waals surface area contributed by atoms with Gasteiger partial charge in [0, 0.05) is 0 Å². The van der Waals surface area contributed by atoms with Gasteiger partial charge in [0.15, 0.2) is 0 Å². The molecular formula is C13H10ClF3N2O. The summed E-state index contributed by atoms with van der Waals surface area (Å²) in [5.41, 5.74) is 0.929. The van der Waals surface area contributed by atoms with E-state index >= 15 is 0 Å². The molecule has 0 spiro atoms. The van der Waals surface area contributed by atoms with Crippen LogP contribution in [-0.4, -0.2) is 15.4 Å². The van der Waals surface area contributed by atoms with E-state index in [-0.39, 0.29) is 5.69 Å². The molecule has 0 amide bonds. The van der Waals surface area contributed by atoms with E-state index in [1.165, 1.54) is 18.2 Å². The molecular weight excluding hydrogens is 293 g/mol. The summed E-state index contributed by atoms with van der Waals surface area (Å²) in [6.45, 7) is 0. The molecule has 2 rings (SSSR count). The van der Waals surface area contributed by atoms with Gasteiger partial charge in [-0.2, -0.15) is 18.3 Å². The van der Waals surface area contributed by atoms with Gasteiger partial charge in [-0.15, -0.1) is 0 Å². The van der Waals surface area contributed by atoms with Crippen molar-refractivity contribution in [3.8, 4) is 0 Å². The van der Waals surface area contributed by atoms with Crippen molar-refractivity contribution in [2.24, 2.45) is 0 Å². The number of aromatic amines is 1. The molecule has 1 heterocycles. The molecule has 1 aromatic carbocycles. The van der Waals surface area contributed by atoms with E-state index in [1.54, 1.807) is 0 Å². The lowest BCUT2D eigenvalue weighted by Crippen LogP contribution is -2.04. The van der Waals surface area contributed by atoms with E-state index in [0.29, 0.717) is 18.5 Å². The van der Waals surface area contributed by atoms with Crippen LogP contribution in [0.25, 0.3) is 0 Å². The molecule has 3 nitrogen and oxygen atoms in total. The predicted octanol–water partition coefficient (Wildman–Crippen LogP) is 3.59. The van der Waals surface area contributed by atoms with Crippen molar-refractivity contribution < 1.29 is 18.0 Å². The number of rotatable bonds is 4. The molecule has 0 radical (unpaired) electrons. The number of carbonyl (C=O) groups excluding carboxylic acids is 1. The summed E-state index contributed by atoms with van der Waals surface area (Å²) < 4.78 is 37.2. The molecule has 0 aliphatic heterocycles. The zero-order valence-corrected chi connectivity index (χ0v) is 10.9. The van der Waals surface area contributed by atoms with Crippen LogP contribution in [0, 0.1) is 0 Å². The normalized spacial score (nSPS) is 11.6. The SMILES string of the molecule is O=C(Cl)c1cc(CCc2ccc(C(F)(F)F)cc2)n[nH]1. The second-order valence-electron chi connectivity index (χ2n) is 4.24. The van der Waals surface area contributed by atoms with Crippen LogP contribution in [0.15, 0.2) is 30.3 Å². The zero-order valence-electron chi connectivity index (χ0n) is 10.2. The fourth-order valence-electron chi connectivity index (χ4n) is 1.72. The Kier molecular flexibility index (Phi) is 4.13. The number of nitrogens with zero attached hydrogens (tertiary/aromatic N) is 1. The molecule has 0 aliphatic carbocycles. The van der Waals surface area contributed by atoms with Crippen LogP contribution in [0.5, 0.6) is 0 Å². The maximum Gasteiger partial charge on any atom is 0.416 e. The number of hydrogen-bond donors (Lipinski definition) is 1. The molecule has 1 aromatic heterocycles. The monoisotopic (exact) mass is 302 g/mol. The zero-order chi connectivity index (χ0) is 14.8. The van der Waals surface area contributed by atoms with Crippen molar-refractivity contribution in [3.05, 3.63) is 52.8 Å². The highest BCUT2D eigenvalue weighted by atomic mass is 35.5. The number of H-pyrrole nitrogens is 1. The molecule has 7 heteroatoms. The average molecular weight is 303 g/mol. The van der Waals surface area contributed by atoms with Gasteiger partial charge in [-0.3, -0.25) is 9.89 Å². The van der Waals surface area contributed by atoms with Crippen molar-refractivity contribution in [1.82, 2.24) is 10.2 Å². The molecule has 0 saturated carbocycles. The highest BCUT2D eigenvalue weighted by molar-refractivity contribution is 6.67. The second kappa shape index (κ2) is 5.66. The van der Waals surface area contributed by atoms with Crippen molar-refractivity contribution in [3.63, 3.8) is 0 Å². The summed E-state index contributed by atoms with van der Waals surface area (Å²) in [5.74, 6) is 0. The van der Waals surface area contributed by atoms with Crippen LogP contribution in [0.4, 0.5) is 13.2 Å². The standard InChI is InChI=1S/C13H10ClF3N2O/c14-12(20)11-7-10(18-19-11)6-3-8-1-4-9(5-2-8)13(15,16)17/h1-2,4-5,7H,3,6H2,(H,18,19). The van der Waals surface area contributed by atoms with Crippen LogP contribution < -0.4 is 0 Å².